The molecular formula is C9H14F3N3O. The molecule has 1 aromatic rings. The van der Waals surface area contributed by atoms with Crippen molar-refractivity contribution in [1.82, 2.24) is 10.1 Å². The lowest BCUT2D eigenvalue weighted by Gasteiger charge is -2.22. The van der Waals surface area contributed by atoms with Gasteiger partial charge in [-0.25, -0.2) is 0 Å². The first-order valence-corrected chi connectivity index (χ1v) is 4.83. The third-order valence-electron chi connectivity index (χ3n) is 2.01. The van der Waals surface area contributed by atoms with Gasteiger partial charge in [0, 0.05) is 0 Å². The Bertz CT molecular complexity index is 357. The smallest absolute Gasteiger partial charge is 0.329 e. The highest BCUT2D eigenvalue weighted by atomic mass is 19.4. The Labute approximate surface area is 91.0 Å². The molecule has 0 aliphatic rings. The van der Waals surface area contributed by atoms with Gasteiger partial charge in [0.05, 0.1) is 5.54 Å². The predicted octanol–water partition coefficient (Wildman–Crippen LogP) is 2.31. The fraction of sp³-hybridized carbons (Fsp3) is 0.778. The molecule has 0 radical (unpaired) electrons. The minimum absolute atomic E-state index is 0.117. The Morgan fingerprint density at radius 3 is 2.31 bits per heavy atom. The summed E-state index contributed by atoms with van der Waals surface area (Å²) in [6, 6.07) is 0. The maximum atomic E-state index is 12.2. The van der Waals surface area contributed by atoms with Crippen LogP contribution >= 0.6 is 0 Å². The van der Waals surface area contributed by atoms with Gasteiger partial charge < -0.3 is 10.3 Å². The van der Waals surface area contributed by atoms with Crippen molar-refractivity contribution >= 4 is 0 Å². The van der Waals surface area contributed by atoms with Crippen molar-refractivity contribution in [3.05, 3.63) is 11.7 Å². The van der Waals surface area contributed by atoms with Crippen LogP contribution in [0.3, 0.4) is 0 Å². The molecule has 2 N–H and O–H groups in total. The van der Waals surface area contributed by atoms with Crippen LogP contribution in [0.25, 0.3) is 0 Å². The normalized spacial score (nSPS) is 16.5. The van der Waals surface area contributed by atoms with Crippen LogP contribution in [-0.2, 0) is 11.7 Å². The summed E-state index contributed by atoms with van der Waals surface area (Å²) in [6.07, 6.45) is -4.15. The van der Waals surface area contributed by atoms with E-state index in [9.17, 15) is 13.2 Å². The number of alkyl halides is 3. The largest absolute Gasteiger partial charge is 0.471 e. The Hall–Kier alpha value is -1.11. The van der Waals surface area contributed by atoms with Crippen LogP contribution in [0.1, 0.15) is 38.9 Å². The van der Waals surface area contributed by atoms with E-state index < -0.39 is 17.6 Å². The van der Waals surface area contributed by atoms with Crippen molar-refractivity contribution in [1.29, 1.82) is 0 Å². The Morgan fingerprint density at radius 2 is 1.94 bits per heavy atom. The topological polar surface area (TPSA) is 64.9 Å². The van der Waals surface area contributed by atoms with Crippen LogP contribution in [0, 0.1) is 5.92 Å². The van der Waals surface area contributed by atoms with Crippen LogP contribution in [0.2, 0.25) is 0 Å². The molecule has 92 valence electrons. The summed E-state index contributed by atoms with van der Waals surface area (Å²) >= 11 is 0. The van der Waals surface area contributed by atoms with Gasteiger partial charge in [-0.15, -0.1) is 0 Å². The molecule has 0 aliphatic heterocycles. The third kappa shape index (κ3) is 2.94. The number of nitrogens with zero attached hydrogens (tertiary/aromatic N) is 2. The van der Waals surface area contributed by atoms with Gasteiger partial charge in [0.25, 0.3) is 0 Å². The van der Waals surface area contributed by atoms with Gasteiger partial charge in [-0.2, -0.15) is 18.2 Å². The quantitative estimate of drug-likeness (QED) is 0.876. The molecule has 1 aromatic heterocycles. The van der Waals surface area contributed by atoms with Gasteiger partial charge >= 0.3 is 12.1 Å². The second-order valence-corrected chi connectivity index (χ2v) is 4.44. The highest BCUT2D eigenvalue weighted by molar-refractivity contribution is 5.03. The van der Waals surface area contributed by atoms with Gasteiger partial charge in [-0.05, 0) is 19.3 Å². The molecule has 0 saturated carbocycles. The average molecular weight is 237 g/mol. The standard InChI is InChI=1S/C9H14F3N3O/c1-5(2)4-8(3,13)6-14-7(16-15-6)9(10,11)12/h5H,4,13H2,1-3H3. The summed E-state index contributed by atoms with van der Waals surface area (Å²) in [5.41, 5.74) is 4.83. The van der Waals surface area contributed by atoms with Gasteiger partial charge in [-0.3, -0.25) is 0 Å². The lowest BCUT2D eigenvalue weighted by atomic mass is 9.91. The minimum atomic E-state index is -4.63. The molecule has 0 saturated heterocycles. The highest BCUT2D eigenvalue weighted by Gasteiger charge is 2.40. The van der Waals surface area contributed by atoms with E-state index in [1.54, 1.807) is 6.92 Å². The number of aromatic nitrogens is 2. The maximum absolute atomic E-state index is 12.2. The van der Waals surface area contributed by atoms with E-state index in [1.807, 2.05) is 13.8 Å². The van der Waals surface area contributed by atoms with E-state index in [-0.39, 0.29) is 11.7 Å². The van der Waals surface area contributed by atoms with E-state index in [4.69, 9.17) is 5.73 Å². The summed E-state index contributed by atoms with van der Waals surface area (Å²) in [7, 11) is 0. The summed E-state index contributed by atoms with van der Waals surface area (Å²) < 4.78 is 40.8. The summed E-state index contributed by atoms with van der Waals surface area (Å²) in [5, 5.41) is 3.28. The van der Waals surface area contributed by atoms with Gasteiger partial charge in [0.15, 0.2) is 5.82 Å². The van der Waals surface area contributed by atoms with Crippen molar-refractivity contribution in [3.8, 4) is 0 Å². The van der Waals surface area contributed by atoms with Gasteiger partial charge in [-0.1, -0.05) is 19.0 Å². The van der Waals surface area contributed by atoms with Crippen LogP contribution in [-0.4, -0.2) is 10.1 Å². The zero-order valence-electron chi connectivity index (χ0n) is 9.30. The molecule has 1 unspecified atom stereocenters. The average Bonchev–Trinajstić information content (AvgIpc) is 2.47. The van der Waals surface area contributed by atoms with Crippen LogP contribution in [0.5, 0.6) is 0 Å². The second kappa shape index (κ2) is 4.04. The van der Waals surface area contributed by atoms with Crippen molar-refractivity contribution in [2.45, 2.75) is 38.9 Å². The SMILES string of the molecule is CC(C)CC(C)(N)c1noc(C(F)(F)F)n1. The number of halogens is 3. The Balaban J connectivity index is 2.93. The predicted molar refractivity (Wildman–Crippen MR) is 50.3 cm³/mol. The highest BCUT2D eigenvalue weighted by Crippen LogP contribution is 2.30. The van der Waals surface area contributed by atoms with E-state index >= 15 is 0 Å². The van der Waals surface area contributed by atoms with Gasteiger partial charge in [0.2, 0.25) is 0 Å². The first-order valence-electron chi connectivity index (χ1n) is 4.83. The molecule has 16 heavy (non-hydrogen) atoms. The lowest BCUT2D eigenvalue weighted by molar-refractivity contribution is -0.159. The molecule has 0 amide bonds. The molecule has 0 bridgehead atoms. The van der Waals surface area contributed by atoms with Crippen LogP contribution < -0.4 is 5.73 Å². The zero-order chi connectivity index (χ0) is 12.6. The fourth-order valence-corrected chi connectivity index (χ4v) is 1.51. The number of hydrogen-bond acceptors (Lipinski definition) is 4. The monoisotopic (exact) mass is 237 g/mol. The fourth-order valence-electron chi connectivity index (χ4n) is 1.51. The lowest BCUT2D eigenvalue weighted by Crippen LogP contribution is -2.35. The van der Waals surface area contributed by atoms with E-state index in [0.717, 1.165) is 0 Å². The number of hydrogen-bond donors (Lipinski definition) is 1. The summed E-state index contributed by atoms with van der Waals surface area (Å²) in [6.45, 7) is 5.41. The molecular weight excluding hydrogens is 223 g/mol. The molecule has 0 aromatic carbocycles. The second-order valence-electron chi connectivity index (χ2n) is 4.44. The zero-order valence-corrected chi connectivity index (χ0v) is 9.30. The van der Waals surface area contributed by atoms with Crippen molar-refractivity contribution in [2.75, 3.05) is 0 Å². The van der Waals surface area contributed by atoms with Gasteiger partial charge in [0.1, 0.15) is 0 Å². The van der Waals surface area contributed by atoms with Crippen molar-refractivity contribution in [3.63, 3.8) is 0 Å². The maximum Gasteiger partial charge on any atom is 0.471 e. The van der Waals surface area contributed by atoms with E-state index in [2.05, 4.69) is 14.7 Å². The molecule has 0 fully saturated rings. The molecule has 0 spiro atoms. The van der Waals surface area contributed by atoms with Crippen LogP contribution in [0.15, 0.2) is 4.52 Å². The minimum Gasteiger partial charge on any atom is -0.329 e. The van der Waals surface area contributed by atoms with E-state index in [1.165, 1.54) is 0 Å². The summed E-state index contributed by atoms with van der Waals surface area (Å²) in [5.74, 6) is -1.25. The Morgan fingerprint density at radius 1 is 1.38 bits per heavy atom. The third-order valence-corrected chi connectivity index (χ3v) is 2.01. The molecule has 1 heterocycles. The van der Waals surface area contributed by atoms with Crippen molar-refractivity contribution in [2.24, 2.45) is 11.7 Å². The van der Waals surface area contributed by atoms with Crippen LogP contribution in [0.4, 0.5) is 13.2 Å². The molecule has 0 aliphatic carbocycles. The molecule has 4 nitrogen and oxygen atoms in total. The van der Waals surface area contributed by atoms with E-state index in [0.29, 0.717) is 6.42 Å². The first-order chi connectivity index (χ1) is 7.13. The number of nitrogens with two attached hydrogens (primary N) is 1. The molecule has 1 rings (SSSR count). The molecule has 7 heteroatoms. The van der Waals surface area contributed by atoms with Crippen molar-refractivity contribution < 1.29 is 17.7 Å². The molecule has 1 atom stereocenters. The summed E-state index contributed by atoms with van der Waals surface area (Å²) in [4.78, 5) is 3.28. The number of rotatable bonds is 3. The first kappa shape index (κ1) is 13.0. The Kier molecular flexibility index (Phi) is 3.27.